The monoisotopic (exact) mass is 514 g/mol. The fraction of sp³-hybridized carbons (Fsp3) is 0.0811. The van der Waals surface area contributed by atoms with Crippen LogP contribution in [-0.2, 0) is 5.41 Å². The van der Waals surface area contributed by atoms with Gasteiger partial charge in [0.2, 0.25) is 0 Å². The van der Waals surface area contributed by atoms with Gasteiger partial charge in [-0.25, -0.2) is 9.97 Å². The molecule has 0 saturated carbocycles. The van der Waals surface area contributed by atoms with Crippen molar-refractivity contribution in [3.05, 3.63) is 132 Å². The number of para-hydroxylation sites is 1. The standard InChI is InChI=1S/C37H26N2O/c1-37(2)30-19-25(17-18-26(30)28-21-35-29(20-31(28)37)27-15-9-10-16-34(27)40-35)36-38-32(23-11-5-3-6-12-23)22-33(39-36)24-13-7-4-8-14-24/h3-22H,1-2H3. The summed E-state index contributed by atoms with van der Waals surface area (Å²) in [5.74, 6) is 0.731. The third-order valence-corrected chi connectivity index (χ3v) is 8.30. The van der Waals surface area contributed by atoms with E-state index in [2.05, 4.69) is 86.6 Å². The van der Waals surface area contributed by atoms with E-state index in [1.165, 1.54) is 27.6 Å². The molecule has 2 aromatic heterocycles. The van der Waals surface area contributed by atoms with Crippen LogP contribution in [0.5, 0.6) is 0 Å². The third-order valence-electron chi connectivity index (χ3n) is 8.30. The van der Waals surface area contributed by atoms with Crippen LogP contribution in [0, 0.1) is 0 Å². The second-order valence-electron chi connectivity index (χ2n) is 11.1. The molecular weight excluding hydrogens is 488 g/mol. The summed E-state index contributed by atoms with van der Waals surface area (Å²) in [5, 5.41) is 2.33. The number of nitrogens with zero attached hydrogens (tertiary/aromatic N) is 2. The Morgan fingerprint density at radius 1 is 0.500 bits per heavy atom. The Hall–Kier alpha value is -5.02. The number of benzene rings is 5. The first kappa shape index (κ1) is 22.9. The van der Waals surface area contributed by atoms with Gasteiger partial charge in [0.15, 0.2) is 5.82 Å². The van der Waals surface area contributed by atoms with Gasteiger partial charge in [0.1, 0.15) is 11.2 Å². The van der Waals surface area contributed by atoms with Crippen molar-refractivity contribution in [2.24, 2.45) is 0 Å². The summed E-state index contributed by atoms with van der Waals surface area (Å²) in [5.41, 5.74) is 11.8. The molecule has 1 aliphatic rings. The fourth-order valence-corrected chi connectivity index (χ4v) is 6.18. The molecular formula is C37H26N2O. The lowest BCUT2D eigenvalue weighted by atomic mass is 9.81. The number of rotatable bonds is 3. The van der Waals surface area contributed by atoms with Gasteiger partial charge in [0, 0.05) is 32.9 Å². The Morgan fingerprint density at radius 3 is 1.82 bits per heavy atom. The van der Waals surface area contributed by atoms with E-state index in [4.69, 9.17) is 14.4 Å². The molecule has 1 aliphatic carbocycles. The quantitative estimate of drug-likeness (QED) is 0.236. The van der Waals surface area contributed by atoms with E-state index in [-0.39, 0.29) is 5.41 Å². The molecule has 0 unspecified atom stereocenters. The number of furan rings is 1. The number of aromatic nitrogens is 2. The fourth-order valence-electron chi connectivity index (χ4n) is 6.18. The molecule has 0 radical (unpaired) electrons. The molecule has 0 aliphatic heterocycles. The summed E-state index contributed by atoms with van der Waals surface area (Å²) in [6.07, 6.45) is 0. The van der Waals surface area contributed by atoms with Gasteiger partial charge in [0.05, 0.1) is 11.4 Å². The van der Waals surface area contributed by atoms with E-state index in [1.54, 1.807) is 0 Å². The molecule has 190 valence electrons. The molecule has 0 amide bonds. The van der Waals surface area contributed by atoms with Crippen molar-refractivity contribution in [1.82, 2.24) is 9.97 Å². The van der Waals surface area contributed by atoms with Crippen molar-refractivity contribution in [1.29, 1.82) is 0 Å². The van der Waals surface area contributed by atoms with Crippen LogP contribution in [0.1, 0.15) is 25.0 Å². The zero-order valence-corrected chi connectivity index (χ0v) is 22.3. The highest BCUT2D eigenvalue weighted by molar-refractivity contribution is 6.07. The van der Waals surface area contributed by atoms with Gasteiger partial charge in [-0.15, -0.1) is 0 Å². The van der Waals surface area contributed by atoms with Gasteiger partial charge in [-0.2, -0.15) is 0 Å². The van der Waals surface area contributed by atoms with E-state index in [0.29, 0.717) is 0 Å². The van der Waals surface area contributed by atoms with Crippen molar-refractivity contribution in [2.45, 2.75) is 19.3 Å². The predicted octanol–water partition coefficient (Wildman–Crippen LogP) is 9.68. The Morgan fingerprint density at radius 2 is 1.12 bits per heavy atom. The van der Waals surface area contributed by atoms with Crippen LogP contribution in [0.2, 0.25) is 0 Å². The molecule has 7 aromatic rings. The second-order valence-corrected chi connectivity index (χ2v) is 11.1. The van der Waals surface area contributed by atoms with Crippen molar-refractivity contribution >= 4 is 21.9 Å². The molecule has 8 rings (SSSR count). The minimum Gasteiger partial charge on any atom is -0.456 e. The highest BCUT2D eigenvalue weighted by Crippen LogP contribution is 2.51. The summed E-state index contributed by atoms with van der Waals surface area (Å²) in [4.78, 5) is 10.1. The van der Waals surface area contributed by atoms with E-state index in [0.717, 1.165) is 50.5 Å². The van der Waals surface area contributed by atoms with Gasteiger partial charge < -0.3 is 4.42 Å². The maximum atomic E-state index is 6.24. The van der Waals surface area contributed by atoms with E-state index < -0.39 is 0 Å². The summed E-state index contributed by atoms with van der Waals surface area (Å²) >= 11 is 0. The molecule has 2 heterocycles. The molecule has 0 spiro atoms. The lowest BCUT2D eigenvalue weighted by molar-refractivity contribution is 0.658. The zero-order chi connectivity index (χ0) is 26.8. The minimum absolute atomic E-state index is 0.174. The Balaban J connectivity index is 1.30. The lowest BCUT2D eigenvalue weighted by Crippen LogP contribution is -2.15. The molecule has 0 bridgehead atoms. The van der Waals surface area contributed by atoms with Crippen molar-refractivity contribution in [2.75, 3.05) is 0 Å². The van der Waals surface area contributed by atoms with Crippen molar-refractivity contribution in [3.8, 4) is 45.0 Å². The normalized spacial score (nSPS) is 13.4. The van der Waals surface area contributed by atoms with E-state index in [9.17, 15) is 0 Å². The first-order valence-corrected chi connectivity index (χ1v) is 13.7. The molecule has 0 saturated heterocycles. The largest absolute Gasteiger partial charge is 0.456 e. The smallest absolute Gasteiger partial charge is 0.160 e. The first-order chi connectivity index (χ1) is 19.6. The summed E-state index contributed by atoms with van der Waals surface area (Å²) in [6.45, 7) is 4.62. The number of hydrogen-bond donors (Lipinski definition) is 0. The van der Waals surface area contributed by atoms with Crippen LogP contribution in [0.15, 0.2) is 126 Å². The van der Waals surface area contributed by atoms with Gasteiger partial charge in [-0.05, 0) is 52.6 Å². The average Bonchev–Trinajstić information content (AvgIpc) is 3.48. The SMILES string of the molecule is CC1(C)c2cc(-c3nc(-c4ccccc4)cc(-c4ccccc4)n3)ccc2-c2cc3oc4ccccc4c3cc21. The molecule has 0 atom stereocenters. The van der Waals surface area contributed by atoms with Crippen LogP contribution < -0.4 is 0 Å². The minimum atomic E-state index is -0.174. The Kier molecular flexibility index (Phi) is 4.86. The van der Waals surface area contributed by atoms with Crippen LogP contribution >= 0.6 is 0 Å². The van der Waals surface area contributed by atoms with Crippen LogP contribution in [-0.4, -0.2) is 9.97 Å². The third kappa shape index (κ3) is 3.44. The Bertz CT molecular complexity index is 2010. The van der Waals surface area contributed by atoms with E-state index in [1.807, 2.05) is 48.5 Å². The molecule has 5 aromatic carbocycles. The second kappa shape index (κ2) is 8.49. The summed E-state index contributed by atoms with van der Waals surface area (Å²) in [6, 6.07) is 42.2. The van der Waals surface area contributed by atoms with Crippen molar-refractivity contribution in [3.63, 3.8) is 0 Å². The topological polar surface area (TPSA) is 38.9 Å². The molecule has 3 heteroatoms. The van der Waals surface area contributed by atoms with Gasteiger partial charge in [0.25, 0.3) is 0 Å². The van der Waals surface area contributed by atoms with Gasteiger partial charge in [-0.1, -0.05) is 105 Å². The van der Waals surface area contributed by atoms with Gasteiger partial charge in [-0.3, -0.25) is 0 Å². The molecule has 40 heavy (non-hydrogen) atoms. The highest BCUT2D eigenvalue weighted by atomic mass is 16.3. The molecule has 0 fully saturated rings. The van der Waals surface area contributed by atoms with Crippen molar-refractivity contribution < 1.29 is 4.42 Å². The maximum Gasteiger partial charge on any atom is 0.160 e. The molecule has 3 nitrogen and oxygen atoms in total. The first-order valence-electron chi connectivity index (χ1n) is 13.7. The number of hydrogen-bond acceptors (Lipinski definition) is 3. The highest BCUT2D eigenvalue weighted by Gasteiger charge is 2.36. The Labute approximate surface area is 232 Å². The summed E-state index contributed by atoms with van der Waals surface area (Å²) < 4.78 is 6.24. The van der Waals surface area contributed by atoms with Crippen LogP contribution in [0.4, 0.5) is 0 Å². The van der Waals surface area contributed by atoms with Crippen LogP contribution in [0.3, 0.4) is 0 Å². The number of fused-ring (bicyclic) bond motifs is 6. The van der Waals surface area contributed by atoms with Gasteiger partial charge >= 0.3 is 0 Å². The predicted molar refractivity (Wildman–Crippen MR) is 163 cm³/mol. The lowest BCUT2D eigenvalue weighted by Gasteiger charge is -2.22. The average molecular weight is 515 g/mol. The van der Waals surface area contributed by atoms with Crippen LogP contribution in [0.25, 0.3) is 67.0 Å². The van der Waals surface area contributed by atoms with E-state index >= 15 is 0 Å². The zero-order valence-electron chi connectivity index (χ0n) is 22.3. The molecule has 0 N–H and O–H groups in total. The maximum absolute atomic E-state index is 6.24. The summed E-state index contributed by atoms with van der Waals surface area (Å²) in [7, 11) is 0.